The van der Waals surface area contributed by atoms with E-state index in [0.29, 0.717) is 11.3 Å². The van der Waals surface area contributed by atoms with Gasteiger partial charge < -0.3 is 10.1 Å². The van der Waals surface area contributed by atoms with Gasteiger partial charge in [-0.25, -0.2) is 9.18 Å². The predicted molar refractivity (Wildman–Crippen MR) is 55.0 cm³/mol. The van der Waals surface area contributed by atoms with Crippen molar-refractivity contribution < 1.29 is 18.7 Å². The summed E-state index contributed by atoms with van der Waals surface area (Å²) in [4.78, 5) is 22.5. The van der Waals surface area contributed by atoms with E-state index in [9.17, 15) is 14.0 Å². The normalized spacial score (nSPS) is 15.9. The molecule has 4 nitrogen and oxygen atoms in total. The molecule has 5 heteroatoms. The maximum Gasteiger partial charge on any atom is 0.331 e. The second kappa shape index (κ2) is 3.77. The fraction of sp³-hybridized carbons (Fsp3) is 0.0909. The average Bonchev–Trinajstić information content (AvgIpc) is 2.55. The second-order valence-corrected chi connectivity index (χ2v) is 3.23. The minimum atomic E-state index is -0.651. The number of ether oxygens (including phenoxy) is 1. The zero-order chi connectivity index (χ0) is 11.7. The maximum absolute atomic E-state index is 13.0. The van der Waals surface area contributed by atoms with Crippen molar-refractivity contribution >= 4 is 23.1 Å². The molecule has 0 saturated heterocycles. The SMILES string of the molecule is COC(=O)C=C1C(=O)Nc2ccc(F)cc21. The van der Waals surface area contributed by atoms with Crippen LogP contribution in [0.25, 0.3) is 5.57 Å². The fourth-order valence-corrected chi connectivity index (χ4v) is 1.48. The van der Waals surface area contributed by atoms with Crippen molar-refractivity contribution in [3.05, 3.63) is 35.7 Å². The molecule has 1 aromatic carbocycles. The number of benzene rings is 1. The number of nitrogens with one attached hydrogen (secondary N) is 1. The Balaban J connectivity index is 2.50. The van der Waals surface area contributed by atoms with Crippen LogP contribution < -0.4 is 5.32 Å². The van der Waals surface area contributed by atoms with Crippen molar-refractivity contribution in [1.29, 1.82) is 0 Å². The molecule has 0 unspecified atom stereocenters. The van der Waals surface area contributed by atoms with Crippen molar-refractivity contribution in [1.82, 2.24) is 0 Å². The van der Waals surface area contributed by atoms with Crippen LogP contribution in [0.15, 0.2) is 24.3 Å². The summed E-state index contributed by atoms with van der Waals surface area (Å²) in [5.41, 5.74) is 0.971. The highest BCUT2D eigenvalue weighted by atomic mass is 19.1. The summed E-state index contributed by atoms with van der Waals surface area (Å²) in [6, 6.07) is 3.88. The molecule has 2 rings (SSSR count). The van der Waals surface area contributed by atoms with Crippen LogP contribution in [-0.2, 0) is 14.3 Å². The Morgan fingerprint density at radius 2 is 2.25 bits per heavy atom. The van der Waals surface area contributed by atoms with Gasteiger partial charge in [0.2, 0.25) is 0 Å². The van der Waals surface area contributed by atoms with Crippen LogP contribution in [-0.4, -0.2) is 19.0 Å². The fourth-order valence-electron chi connectivity index (χ4n) is 1.48. The summed E-state index contributed by atoms with van der Waals surface area (Å²) in [6.07, 6.45) is 1.04. The molecular formula is C11H8FNO3. The zero-order valence-electron chi connectivity index (χ0n) is 8.41. The van der Waals surface area contributed by atoms with Crippen LogP contribution in [0.5, 0.6) is 0 Å². The first-order chi connectivity index (χ1) is 7.61. The third-order valence-corrected chi connectivity index (χ3v) is 2.23. The minimum Gasteiger partial charge on any atom is -0.466 e. The first-order valence-electron chi connectivity index (χ1n) is 4.52. The lowest BCUT2D eigenvalue weighted by atomic mass is 10.1. The number of hydrogen-bond acceptors (Lipinski definition) is 3. The minimum absolute atomic E-state index is 0.112. The molecule has 1 heterocycles. The van der Waals surface area contributed by atoms with Crippen LogP contribution in [0, 0.1) is 5.82 Å². The van der Waals surface area contributed by atoms with E-state index in [1.165, 1.54) is 25.3 Å². The first kappa shape index (κ1) is 10.4. The molecule has 1 aliphatic rings. The topological polar surface area (TPSA) is 55.4 Å². The first-order valence-corrected chi connectivity index (χ1v) is 4.52. The number of amides is 1. The van der Waals surface area contributed by atoms with E-state index in [-0.39, 0.29) is 5.57 Å². The molecule has 0 atom stereocenters. The van der Waals surface area contributed by atoms with Gasteiger partial charge in [0.15, 0.2) is 0 Å². The summed E-state index contributed by atoms with van der Waals surface area (Å²) >= 11 is 0. The Labute approximate surface area is 90.7 Å². The second-order valence-electron chi connectivity index (χ2n) is 3.23. The van der Waals surface area contributed by atoms with Gasteiger partial charge in [0.1, 0.15) is 5.82 Å². The van der Waals surface area contributed by atoms with Gasteiger partial charge >= 0.3 is 5.97 Å². The van der Waals surface area contributed by atoms with Crippen LogP contribution in [0.4, 0.5) is 10.1 Å². The van der Waals surface area contributed by atoms with E-state index in [1.54, 1.807) is 0 Å². The molecule has 0 aliphatic carbocycles. The predicted octanol–water partition coefficient (Wildman–Crippen LogP) is 1.33. The van der Waals surface area contributed by atoms with E-state index >= 15 is 0 Å². The summed E-state index contributed by atoms with van der Waals surface area (Å²) in [5.74, 6) is -1.56. The van der Waals surface area contributed by atoms with Crippen LogP contribution in [0.1, 0.15) is 5.56 Å². The van der Waals surface area contributed by atoms with Gasteiger partial charge in [0.25, 0.3) is 5.91 Å². The molecule has 0 spiro atoms. The Bertz CT molecular complexity index is 508. The average molecular weight is 221 g/mol. The molecule has 1 amide bonds. The number of halogens is 1. The van der Waals surface area contributed by atoms with E-state index in [4.69, 9.17) is 0 Å². The quantitative estimate of drug-likeness (QED) is 0.575. The monoisotopic (exact) mass is 221 g/mol. The van der Waals surface area contributed by atoms with Crippen LogP contribution in [0.3, 0.4) is 0 Å². The number of carbonyl (C=O) groups is 2. The van der Waals surface area contributed by atoms with Crippen LogP contribution >= 0.6 is 0 Å². The van der Waals surface area contributed by atoms with Crippen molar-refractivity contribution in [3.8, 4) is 0 Å². The lowest BCUT2D eigenvalue weighted by Crippen LogP contribution is -2.06. The standard InChI is InChI=1S/C11H8FNO3/c1-16-10(14)5-8-7-4-6(12)2-3-9(7)13-11(8)15/h2-5H,1H3,(H,13,15). The van der Waals surface area contributed by atoms with Crippen molar-refractivity contribution in [2.75, 3.05) is 12.4 Å². The van der Waals surface area contributed by atoms with Crippen LogP contribution in [0.2, 0.25) is 0 Å². The molecule has 0 fully saturated rings. The molecule has 0 saturated carbocycles. The number of carbonyl (C=O) groups excluding carboxylic acids is 2. The molecule has 1 aromatic rings. The maximum atomic E-state index is 13.0. The highest BCUT2D eigenvalue weighted by molar-refractivity contribution is 6.33. The Kier molecular flexibility index (Phi) is 2.44. The number of hydrogen-bond donors (Lipinski definition) is 1. The van der Waals surface area contributed by atoms with E-state index in [0.717, 1.165) is 6.08 Å². The number of anilines is 1. The van der Waals surface area contributed by atoms with Gasteiger partial charge in [0.05, 0.1) is 12.7 Å². The number of rotatable bonds is 1. The van der Waals surface area contributed by atoms with Gasteiger partial charge in [-0.15, -0.1) is 0 Å². The largest absolute Gasteiger partial charge is 0.466 e. The van der Waals surface area contributed by atoms with Gasteiger partial charge in [-0.1, -0.05) is 0 Å². The summed E-state index contributed by atoms with van der Waals surface area (Å²) in [7, 11) is 1.21. The van der Waals surface area contributed by atoms with Gasteiger partial charge in [-0.2, -0.15) is 0 Å². The van der Waals surface area contributed by atoms with E-state index in [2.05, 4.69) is 10.1 Å². The molecule has 1 N–H and O–H groups in total. The van der Waals surface area contributed by atoms with Crippen molar-refractivity contribution in [3.63, 3.8) is 0 Å². The molecule has 16 heavy (non-hydrogen) atoms. The molecule has 0 radical (unpaired) electrons. The van der Waals surface area contributed by atoms with Crippen molar-refractivity contribution in [2.24, 2.45) is 0 Å². The lowest BCUT2D eigenvalue weighted by Gasteiger charge is -1.97. The molecule has 0 aromatic heterocycles. The highest BCUT2D eigenvalue weighted by Gasteiger charge is 2.25. The molecule has 0 bridgehead atoms. The molecular weight excluding hydrogens is 213 g/mol. The van der Waals surface area contributed by atoms with Gasteiger partial charge in [-0.3, -0.25) is 4.79 Å². The number of esters is 1. The summed E-state index contributed by atoms with van der Waals surface area (Å²) < 4.78 is 17.4. The highest BCUT2D eigenvalue weighted by Crippen LogP contribution is 2.31. The third kappa shape index (κ3) is 1.67. The van der Waals surface area contributed by atoms with Crippen molar-refractivity contribution in [2.45, 2.75) is 0 Å². The molecule has 1 aliphatic heterocycles. The number of methoxy groups -OCH3 is 1. The summed E-state index contributed by atoms with van der Waals surface area (Å²) in [5, 5.41) is 2.52. The van der Waals surface area contributed by atoms with Gasteiger partial charge in [0, 0.05) is 17.3 Å². The third-order valence-electron chi connectivity index (χ3n) is 2.23. The summed E-state index contributed by atoms with van der Waals surface area (Å²) in [6.45, 7) is 0. The van der Waals surface area contributed by atoms with Gasteiger partial charge in [-0.05, 0) is 18.2 Å². The molecule has 82 valence electrons. The number of fused-ring (bicyclic) bond motifs is 1. The van der Waals surface area contributed by atoms with E-state index < -0.39 is 17.7 Å². The van der Waals surface area contributed by atoms with E-state index in [1.807, 2.05) is 0 Å². The Morgan fingerprint density at radius 3 is 2.94 bits per heavy atom. The Morgan fingerprint density at radius 1 is 1.50 bits per heavy atom. The smallest absolute Gasteiger partial charge is 0.331 e. The Hall–Kier alpha value is -2.17. The zero-order valence-corrected chi connectivity index (χ0v) is 8.41. The lowest BCUT2D eigenvalue weighted by molar-refractivity contribution is -0.134.